The van der Waals surface area contributed by atoms with E-state index in [4.69, 9.17) is 0 Å². The summed E-state index contributed by atoms with van der Waals surface area (Å²) in [6.45, 7) is -0.902. The summed E-state index contributed by atoms with van der Waals surface area (Å²) in [6.07, 6.45) is -5.72. The van der Waals surface area contributed by atoms with Crippen LogP contribution in [0.5, 0.6) is 0 Å². The van der Waals surface area contributed by atoms with Gasteiger partial charge in [-0.15, -0.1) is 0 Å². The van der Waals surface area contributed by atoms with E-state index >= 15 is 0 Å². The van der Waals surface area contributed by atoms with Crippen molar-refractivity contribution in [2.75, 3.05) is 6.61 Å². The molecule has 0 N–H and O–H groups in total. The Balaban J connectivity index is 2.61. The summed E-state index contributed by atoms with van der Waals surface area (Å²) in [5.74, 6) is 0. The summed E-state index contributed by atoms with van der Waals surface area (Å²) in [7, 11) is -4.08. The second-order valence-corrected chi connectivity index (χ2v) is 4.57. The average molecular weight is 254 g/mol. The Morgan fingerprint density at radius 3 is 2.19 bits per heavy atom. The van der Waals surface area contributed by atoms with Gasteiger partial charge in [0.25, 0.3) is 10.1 Å². The molecule has 0 aliphatic rings. The lowest BCUT2D eigenvalue weighted by atomic mass is 10.4. The molecule has 0 radical (unpaired) electrons. The zero-order chi connectivity index (χ0) is 12.2. The SMILES string of the molecule is O=S(=O)(OCCC(F)(F)F)c1ccccc1. The minimum atomic E-state index is -4.42. The zero-order valence-corrected chi connectivity index (χ0v) is 8.88. The molecule has 3 nitrogen and oxygen atoms in total. The van der Waals surface area contributed by atoms with Crippen molar-refractivity contribution in [3.05, 3.63) is 30.3 Å². The summed E-state index contributed by atoms with van der Waals surface area (Å²) < 4.78 is 62.2. The van der Waals surface area contributed by atoms with Crippen LogP contribution in [-0.2, 0) is 14.3 Å². The summed E-state index contributed by atoms with van der Waals surface area (Å²) in [5, 5.41) is 0. The molecule has 0 atom stereocenters. The first-order chi connectivity index (χ1) is 7.31. The molecule has 0 amide bonds. The highest BCUT2D eigenvalue weighted by atomic mass is 32.2. The normalized spacial score (nSPS) is 12.7. The predicted molar refractivity (Wildman–Crippen MR) is 50.3 cm³/mol. The highest BCUT2D eigenvalue weighted by molar-refractivity contribution is 7.86. The molecule has 16 heavy (non-hydrogen) atoms. The molecule has 0 aromatic heterocycles. The molecule has 90 valence electrons. The zero-order valence-electron chi connectivity index (χ0n) is 8.07. The van der Waals surface area contributed by atoms with Gasteiger partial charge in [-0.05, 0) is 12.1 Å². The number of rotatable bonds is 4. The molecule has 0 heterocycles. The molecule has 0 bridgehead atoms. The van der Waals surface area contributed by atoms with Crippen LogP contribution in [-0.4, -0.2) is 21.2 Å². The molecule has 1 rings (SSSR count). The lowest BCUT2D eigenvalue weighted by molar-refractivity contribution is -0.139. The van der Waals surface area contributed by atoms with Gasteiger partial charge in [0, 0.05) is 0 Å². The Bertz CT molecular complexity index is 425. The third kappa shape index (κ3) is 4.19. The standard InChI is InChI=1S/C9H9F3O3S/c10-9(11,12)6-7-15-16(13,14)8-4-2-1-3-5-8/h1-5H,6-7H2. The van der Waals surface area contributed by atoms with Crippen molar-refractivity contribution >= 4 is 10.1 Å². The maximum Gasteiger partial charge on any atom is 0.391 e. The molecule has 1 aromatic carbocycles. The summed E-state index contributed by atoms with van der Waals surface area (Å²) >= 11 is 0. The largest absolute Gasteiger partial charge is 0.391 e. The topological polar surface area (TPSA) is 43.4 Å². The van der Waals surface area contributed by atoms with Crippen LogP contribution in [0.4, 0.5) is 13.2 Å². The second-order valence-electron chi connectivity index (χ2n) is 2.95. The van der Waals surface area contributed by atoms with Crippen LogP contribution in [0.3, 0.4) is 0 Å². The number of hydrogen-bond acceptors (Lipinski definition) is 3. The molecule has 0 saturated heterocycles. The van der Waals surface area contributed by atoms with Crippen LogP contribution in [0.2, 0.25) is 0 Å². The first kappa shape index (κ1) is 13.0. The van der Waals surface area contributed by atoms with E-state index in [-0.39, 0.29) is 4.90 Å². The van der Waals surface area contributed by atoms with Crippen molar-refractivity contribution < 1.29 is 25.8 Å². The summed E-state index contributed by atoms with van der Waals surface area (Å²) in [5.41, 5.74) is 0. The van der Waals surface area contributed by atoms with Crippen LogP contribution in [0.15, 0.2) is 35.2 Å². The molecule has 1 aromatic rings. The van der Waals surface area contributed by atoms with Gasteiger partial charge in [-0.25, -0.2) is 0 Å². The highest BCUT2D eigenvalue weighted by Crippen LogP contribution is 2.20. The smallest absolute Gasteiger partial charge is 0.266 e. The van der Waals surface area contributed by atoms with Gasteiger partial charge in [0.2, 0.25) is 0 Å². The minimum Gasteiger partial charge on any atom is -0.266 e. The fourth-order valence-corrected chi connectivity index (χ4v) is 1.85. The average Bonchev–Trinajstić information content (AvgIpc) is 2.17. The fraction of sp³-hybridized carbons (Fsp3) is 0.333. The summed E-state index contributed by atoms with van der Waals surface area (Å²) in [6, 6.07) is 7.01. The van der Waals surface area contributed by atoms with E-state index in [1.165, 1.54) is 24.3 Å². The van der Waals surface area contributed by atoms with Gasteiger partial charge in [0.15, 0.2) is 0 Å². The maximum absolute atomic E-state index is 11.8. The third-order valence-corrected chi connectivity index (χ3v) is 2.98. The Morgan fingerprint density at radius 1 is 1.12 bits per heavy atom. The van der Waals surface area contributed by atoms with E-state index in [0.717, 1.165) is 0 Å². The van der Waals surface area contributed by atoms with Crippen molar-refractivity contribution in [3.8, 4) is 0 Å². The number of benzene rings is 1. The first-order valence-electron chi connectivity index (χ1n) is 4.32. The lowest BCUT2D eigenvalue weighted by Crippen LogP contribution is -2.15. The number of hydrogen-bond donors (Lipinski definition) is 0. The Kier molecular flexibility index (Phi) is 3.93. The molecule has 7 heteroatoms. The molecule has 0 spiro atoms. The van der Waals surface area contributed by atoms with Crippen LogP contribution in [0.25, 0.3) is 0 Å². The van der Waals surface area contributed by atoms with Gasteiger partial charge in [-0.3, -0.25) is 4.18 Å². The van der Waals surface area contributed by atoms with E-state index in [1.54, 1.807) is 6.07 Å². The van der Waals surface area contributed by atoms with Crippen LogP contribution in [0.1, 0.15) is 6.42 Å². The van der Waals surface area contributed by atoms with Gasteiger partial charge in [-0.2, -0.15) is 21.6 Å². The first-order valence-corrected chi connectivity index (χ1v) is 5.73. The van der Waals surface area contributed by atoms with Crippen molar-refractivity contribution in [2.24, 2.45) is 0 Å². The second kappa shape index (κ2) is 4.84. The Labute approximate surface area is 91.0 Å². The molecule has 0 aliphatic heterocycles. The van der Waals surface area contributed by atoms with Crippen molar-refractivity contribution in [2.45, 2.75) is 17.5 Å². The molecular formula is C9H9F3O3S. The van der Waals surface area contributed by atoms with Gasteiger partial charge in [0.05, 0.1) is 17.9 Å². The van der Waals surface area contributed by atoms with E-state index < -0.39 is 29.3 Å². The van der Waals surface area contributed by atoms with E-state index in [0.29, 0.717) is 0 Å². The van der Waals surface area contributed by atoms with Crippen molar-refractivity contribution in [1.82, 2.24) is 0 Å². The maximum atomic E-state index is 11.8. The quantitative estimate of drug-likeness (QED) is 0.774. The van der Waals surface area contributed by atoms with Gasteiger partial charge >= 0.3 is 6.18 Å². The van der Waals surface area contributed by atoms with Gasteiger partial charge in [-0.1, -0.05) is 18.2 Å². The lowest BCUT2D eigenvalue weighted by Gasteiger charge is -2.07. The molecule has 0 aliphatic carbocycles. The van der Waals surface area contributed by atoms with E-state index in [2.05, 4.69) is 4.18 Å². The van der Waals surface area contributed by atoms with Crippen molar-refractivity contribution in [1.29, 1.82) is 0 Å². The molecular weight excluding hydrogens is 245 g/mol. The molecule has 0 unspecified atom stereocenters. The van der Waals surface area contributed by atoms with Crippen LogP contribution < -0.4 is 0 Å². The monoisotopic (exact) mass is 254 g/mol. The Morgan fingerprint density at radius 2 is 1.69 bits per heavy atom. The third-order valence-electron chi connectivity index (χ3n) is 1.66. The molecule has 0 saturated carbocycles. The van der Waals surface area contributed by atoms with E-state index in [9.17, 15) is 21.6 Å². The van der Waals surface area contributed by atoms with Gasteiger partial charge < -0.3 is 0 Å². The Hall–Kier alpha value is -1.08. The van der Waals surface area contributed by atoms with E-state index in [1.807, 2.05) is 0 Å². The fourth-order valence-electron chi connectivity index (χ4n) is 0.922. The van der Waals surface area contributed by atoms with Crippen LogP contribution in [0, 0.1) is 0 Å². The predicted octanol–water partition coefficient (Wildman–Crippen LogP) is 2.34. The van der Waals surface area contributed by atoms with Crippen molar-refractivity contribution in [3.63, 3.8) is 0 Å². The highest BCUT2D eigenvalue weighted by Gasteiger charge is 2.28. The van der Waals surface area contributed by atoms with Crippen LogP contribution >= 0.6 is 0 Å². The summed E-state index contributed by atoms with van der Waals surface area (Å²) in [4.78, 5) is -0.155. The number of alkyl halides is 3. The molecule has 0 fully saturated rings. The van der Waals surface area contributed by atoms with Gasteiger partial charge in [0.1, 0.15) is 0 Å². The minimum absolute atomic E-state index is 0.155. The number of halogens is 3.